The van der Waals surface area contributed by atoms with Crippen molar-refractivity contribution in [1.29, 1.82) is 0 Å². The Morgan fingerprint density at radius 2 is 1.73 bits per heavy atom. The van der Waals surface area contributed by atoms with E-state index < -0.39 is 45.8 Å². The molecule has 0 saturated carbocycles. The number of fused-ring (bicyclic) bond motifs is 1. The number of carbonyl (C=O) groups is 2. The number of carbonyl (C=O) groups excluding carboxylic acids is 2. The number of hydrogen-bond acceptors (Lipinski definition) is 7. The Morgan fingerprint density at radius 3 is 2.27 bits per heavy atom. The molecule has 0 aliphatic heterocycles. The first-order valence-corrected chi connectivity index (χ1v) is 11.8. The van der Waals surface area contributed by atoms with E-state index in [2.05, 4.69) is 9.50 Å². The first-order valence-electron chi connectivity index (χ1n) is 10.4. The maximum absolute atomic E-state index is 12.7. The van der Waals surface area contributed by atoms with Crippen LogP contribution in [-0.2, 0) is 38.9 Å². The van der Waals surface area contributed by atoms with Crippen molar-refractivity contribution in [2.75, 3.05) is 6.61 Å². The molecular formula is C21H28F3NO7S. The van der Waals surface area contributed by atoms with Crippen LogP contribution in [0, 0.1) is 0 Å². The van der Waals surface area contributed by atoms with E-state index in [0.717, 1.165) is 6.42 Å². The number of amides is 1. The highest BCUT2D eigenvalue weighted by molar-refractivity contribution is 7.88. The second kappa shape index (κ2) is 10.3. The van der Waals surface area contributed by atoms with Gasteiger partial charge in [0.2, 0.25) is 0 Å². The number of nitrogens with one attached hydrogen (secondary N) is 1. The Balaban J connectivity index is 2.24. The Kier molecular flexibility index (Phi) is 8.39. The minimum atomic E-state index is -5.80. The maximum atomic E-state index is 12.7. The fraction of sp³-hybridized carbons (Fsp3) is 0.619. The number of aliphatic hydroxyl groups is 1. The topological polar surface area (TPSA) is 119 Å². The van der Waals surface area contributed by atoms with E-state index >= 15 is 0 Å². The molecule has 33 heavy (non-hydrogen) atoms. The summed E-state index contributed by atoms with van der Waals surface area (Å²) in [4.78, 5) is 24.2. The second-order valence-corrected chi connectivity index (χ2v) is 10.3. The van der Waals surface area contributed by atoms with Gasteiger partial charge < -0.3 is 19.3 Å². The van der Waals surface area contributed by atoms with Gasteiger partial charge in [-0.25, -0.2) is 4.79 Å². The number of aryl methyl sites for hydroxylation is 1. The predicted octanol–water partition coefficient (Wildman–Crippen LogP) is 3.18. The fourth-order valence-corrected chi connectivity index (χ4v) is 4.05. The number of rotatable bonds is 8. The normalized spacial score (nSPS) is 15.4. The lowest BCUT2D eigenvalue weighted by molar-refractivity contribution is -0.124. The molecule has 2 N–H and O–H groups in total. The van der Waals surface area contributed by atoms with Crippen molar-refractivity contribution in [3.8, 4) is 5.75 Å². The molecule has 12 heteroatoms. The predicted molar refractivity (Wildman–Crippen MR) is 112 cm³/mol. The zero-order valence-electron chi connectivity index (χ0n) is 18.6. The monoisotopic (exact) mass is 495 g/mol. The van der Waals surface area contributed by atoms with Crippen molar-refractivity contribution in [3.63, 3.8) is 0 Å². The molecule has 1 aromatic rings. The van der Waals surface area contributed by atoms with Crippen LogP contribution >= 0.6 is 0 Å². The Hall–Kier alpha value is -2.34. The van der Waals surface area contributed by atoms with Crippen LogP contribution in [0.2, 0.25) is 0 Å². The van der Waals surface area contributed by atoms with Gasteiger partial charge >= 0.3 is 21.7 Å². The molecule has 0 heterocycles. The second-order valence-electron chi connectivity index (χ2n) is 8.73. The first-order chi connectivity index (χ1) is 15.1. The number of ether oxygens (including phenoxy) is 1. The van der Waals surface area contributed by atoms with Crippen LogP contribution in [0.1, 0.15) is 56.7 Å². The number of hydrogen-bond donors (Lipinski definition) is 2. The quantitative estimate of drug-likeness (QED) is 0.420. The molecule has 0 spiro atoms. The summed E-state index contributed by atoms with van der Waals surface area (Å²) in [6, 6.07) is 1.59. The van der Waals surface area contributed by atoms with Gasteiger partial charge in [0.25, 0.3) is 0 Å². The van der Waals surface area contributed by atoms with E-state index in [0.29, 0.717) is 36.0 Å². The van der Waals surface area contributed by atoms with Gasteiger partial charge in [0.05, 0.1) is 6.04 Å². The molecule has 0 aromatic heterocycles. The van der Waals surface area contributed by atoms with Crippen LogP contribution in [0.3, 0.4) is 0 Å². The molecule has 8 nitrogen and oxygen atoms in total. The van der Waals surface area contributed by atoms with Gasteiger partial charge in [-0.2, -0.15) is 21.6 Å². The minimum absolute atomic E-state index is 0.103. The zero-order valence-corrected chi connectivity index (χ0v) is 19.4. The lowest BCUT2D eigenvalue weighted by atomic mass is 9.85. The van der Waals surface area contributed by atoms with Crippen molar-refractivity contribution in [2.45, 2.75) is 76.4 Å². The Labute approximate surface area is 190 Å². The number of halogens is 3. The van der Waals surface area contributed by atoms with Crippen LogP contribution in [0.5, 0.6) is 5.75 Å². The molecule has 0 bridgehead atoms. The van der Waals surface area contributed by atoms with Crippen LogP contribution in [0.25, 0.3) is 0 Å². The van der Waals surface area contributed by atoms with Gasteiger partial charge in [-0.1, -0.05) is 6.07 Å². The highest BCUT2D eigenvalue weighted by Gasteiger charge is 2.49. The molecule has 0 saturated heterocycles. The summed E-state index contributed by atoms with van der Waals surface area (Å²) in [6.07, 6.45) is 1.80. The highest BCUT2D eigenvalue weighted by Crippen LogP contribution is 2.36. The number of ketones is 1. The average molecular weight is 496 g/mol. The van der Waals surface area contributed by atoms with Crippen LogP contribution in [0.15, 0.2) is 12.1 Å². The molecule has 2 rings (SSSR count). The van der Waals surface area contributed by atoms with E-state index in [1.165, 1.54) is 12.1 Å². The Morgan fingerprint density at radius 1 is 1.12 bits per heavy atom. The van der Waals surface area contributed by atoms with Crippen molar-refractivity contribution in [2.24, 2.45) is 0 Å². The molecule has 1 aliphatic carbocycles. The van der Waals surface area contributed by atoms with Crippen molar-refractivity contribution in [1.82, 2.24) is 5.32 Å². The van der Waals surface area contributed by atoms with Gasteiger partial charge in [-0.3, -0.25) is 4.79 Å². The van der Waals surface area contributed by atoms with Gasteiger partial charge in [0.15, 0.2) is 5.78 Å². The number of alkyl carbamates (subject to hydrolysis) is 1. The number of benzene rings is 1. The standard InChI is InChI=1S/C21H28F3NO7S/c1-20(2,3)31-19(28)25-16(17(27)12-26)10-8-13-9-11-18(15-7-5-4-6-14(13)15)32-33(29,30)21(22,23)24/h9,11,16,26H,4-8,10,12H2,1-3H3,(H,25,28). The van der Waals surface area contributed by atoms with Gasteiger partial charge in [0, 0.05) is 0 Å². The fourth-order valence-electron chi connectivity index (χ4n) is 3.56. The molecule has 186 valence electrons. The summed E-state index contributed by atoms with van der Waals surface area (Å²) in [6.45, 7) is 4.18. The Bertz CT molecular complexity index is 985. The van der Waals surface area contributed by atoms with Crippen LogP contribution in [0.4, 0.5) is 18.0 Å². The van der Waals surface area contributed by atoms with Crippen LogP contribution in [-0.4, -0.2) is 49.2 Å². The first kappa shape index (κ1) is 26.9. The highest BCUT2D eigenvalue weighted by atomic mass is 32.2. The van der Waals surface area contributed by atoms with Gasteiger partial charge in [-0.05, 0) is 82.1 Å². The molecule has 1 atom stereocenters. The molecule has 0 fully saturated rings. The van der Waals surface area contributed by atoms with E-state index in [4.69, 9.17) is 4.74 Å². The molecule has 1 unspecified atom stereocenters. The summed E-state index contributed by atoms with van der Waals surface area (Å²) in [5, 5.41) is 11.7. The van der Waals surface area contributed by atoms with Gasteiger partial charge in [-0.15, -0.1) is 0 Å². The molecular weight excluding hydrogens is 467 g/mol. The smallest absolute Gasteiger partial charge is 0.444 e. The number of aliphatic hydroxyl groups excluding tert-OH is 1. The summed E-state index contributed by atoms with van der Waals surface area (Å²) in [7, 11) is -5.80. The zero-order chi connectivity index (χ0) is 25.0. The summed E-state index contributed by atoms with van der Waals surface area (Å²) < 4.78 is 70.7. The molecule has 1 amide bonds. The molecule has 1 aromatic carbocycles. The molecule has 1 aliphatic rings. The molecule has 0 radical (unpaired) electrons. The van der Waals surface area contributed by atoms with Crippen molar-refractivity contribution in [3.05, 3.63) is 28.8 Å². The SMILES string of the molecule is CC(C)(C)OC(=O)NC(CCc1ccc(OS(=O)(=O)C(F)(F)F)c2c1CCCC2)C(=O)CO. The summed E-state index contributed by atoms with van der Waals surface area (Å²) in [5.41, 5.74) is -4.58. The van der Waals surface area contributed by atoms with E-state index in [1.54, 1.807) is 20.8 Å². The summed E-state index contributed by atoms with van der Waals surface area (Å²) >= 11 is 0. The number of alkyl halides is 3. The third-order valence-electron chi connectivity index (χ3n) is 5.01. The minimum Gasteiger partial charge on any atom is -0.444 e. The lowest BCUT2D eigenvalue weighted by Gasteiger charge is -2.25. The number of Topliss-reactive ketones (excluding diaryl/α,β-unsaturated/α-hetero) is 1. The van der Waals surface area contributed by atoms with Gasteiger partial charge in [0.1, 0.15) is 18.0 Å². The van der Waals surface area contributed by atoms with Crippen molar-refractivity contribution < 1.29 is 45.2 Å². The maximum Gasteiger partial charge on any atom is 0.534 e. The third kappa shape index (κ3) is 7.32. The lowest BCUT2D eigenvalue weighted by Crippen LogP contribution is -2.44. The summed E-state index contributed by atoms with van der Waals surface area (Å²) in [5.74, 6) is -0.980. The average Bonchev–Trinajstić information content (AvgIpc) is 2.69. The van der Waals surface area contributed by atoms with E-state index in [9.17, 15) is 36.3 Å². The van der Waals surface area contributed by atoms with Crippen LogP contribution < -0.4 is 9.50 Å². The third-order valence-corrected chi connectivity index (χ3v) is 5.98. The van der Waals surface area contributed by atoms with E-state index in [1.807, 2.05) is 0 Å². The van der Waals surface area contributed by atoms with Crippen molar-refractivity contribution >= 4 is 22.0 Å². The largest absolute Gasteiger partial charge is 0.534 e. The van der Waals surface area contributed by atoms with E-state index in [-0.39, 0.29) is 18.6 Å².